The van der Waals surface area contributed by atoms with Crippen molar-refractivity contribution in [3.05, 3.63) is 52.6 Å². The monoisotopic (exact) mass is 298 g/mol. The molecule has 1 N–H and O–H groups in total. The third-order valence-electron chi connectivity index (χ3n) is 3.54. The molecule has 1 unspecified atom stereocenters. The summed E-state index contributed by atoms with van der Waals surface area (Å²) in [5, 5.41) is 18.5. The van der Waals surface area contributed by atoms with Crippen LogP contribution in [-0.2, 0) is 0 Å². The van der Waals surface area contributed by atoms with Crippen molar-refractivity contribution in [2.45, 2.75) is 32.9 Å². The second-order valence-corrected chi connectivity index (χ2v) is 5.59. The number of aliphatic hydroxyl groups is 1. The molecule has 3 heterocycles. The van der Waals surface area contributed by atoms with E-state index in [-0.39, 0.29) is 11.6 Å². The van der Waals surface area contributed by atoms with Crippen LogP contribution in [0.15, 0.2) is 41.3 Å². The van der Waals surface area contributed by atoms with Gasteiger partial charge in [-0.15, -0.1) is 0 Å². The van der Waals surface area contributed by atoms with Crippen LogP contribution < -0.4 is 5.56 Å². The Morgan fingerprint density at radius 1 is 1.14 bits per heavy atom. The molecule has 6 heteroatoms. The first-order valence-corrected chi connectivity index (χ1v) is 7.24. The lowest BCUT2D eigenvalue weighted by molar-refractivity contribution is 0.194. The van der Waals surface area contributed by atoms with E-state index in [1.54, 1.807) is 17.5 Å². The Bertz CT molecular complexity index is 877. The number of aromatic nitrogens is 4. The largest absolute Gasteiger partial charge is 0.387 e. The Morgan fingerprint density at radius 3 is 2.59 bits per heavy atom. The van der Waals surface area contributed by atoms with Gasteiger partial charge in [0.2, 0.25) is 0 Å². The van der Waals surface area contributed by atoms with E-state index in [1.807, 2.05) is 38.2 Å². The van der Waals surface area contributed by atoms with E-state index < -0.39 is 6.10 Å². The van der Waals surface area contributed by atoms with Gasteiger partial charge < -0.3 is 5.11 Å². The number of pyridine rings is 1. The van der Waals surface area contributed by atoms with E-state index in [0.717, 1.165) is 11.1 Å². The standard InChI is InChI=1S/C16H18N4O2/c1-10(2)20-16(22)7-6-13(18-20)12-5-4-8-19-15(12)9-14(17-19)11(3)21/h4-11,21H,1-3H3. The molecule has 1 atom stereocenters. The van der Waals surface area contributed by atoms with Crippen LogP contribution in [0.25, 0.3) is 16.8 Å². The third-order valence-corrected chi connectivity index (χ3v) is 3.54. The van der Waals surface area contributed by atoms with Crippen molar-refractivity contribution in [3.8, 4) is 11.3 Å². The quantitative estimate of drug-likeness (QED) is 0.804. The summed E-state index contributed by atoms with van der Waals surface area (Å²) in [6.45, 7) is 5.52. The topological polar surface area (TPSA) is 72.4 Å². The molecule has 0 bridgehead atoms. The van der Waals surface area contributed by atoms with E-state index in [1.165, 1.54) is 10.7 Å². The summed E-state index contributed by atoms with van der Waals surface area (Å²) in [5.41, 5.74) is 2.90. The molecule has 0 aliphatic rings. The fourth-order valence-electron chi connectivity index (χ4n) is 2.39. The van der Waals surface area contributed by atoms with Crippen LogP contribution >= 0.6 is 0 Å². The molecule has 0 radical (unpaired) electrons. The molecule has 0 aliphatic heterocycles. The zero-order valence-corrected chi connectivity index (χ0v) is 12.8. The van der Waals surface area contributed by atoms with Crippen molar-refractivity contribution in [1.82, 2.24) is 19.4 Å². The summed E-state index contributed by atoms with van der Waals surface area (Å²) in [6, 6.07) is 8.87. The Hall–Kier alpha value is -2.47. The van der Waals surface area contributed by atoms with Crippen LogP contribution in [0.2, 0.25) is 0 Å². The molecule has 22 heavy (non-hydrogen) atoms. The first kappa shape index (κ1) is 14.5. The first-order valence-electron chi connectivity index (χ1n) is 7.24. The number of hydrogen-bond acceptors (Lipinski definition) is 4. The molecule has 0 aliphatic carbocycles. The minimum atomic E-state index is -0.634. The van der Waals surface area contributed by atoms with Crippen molar-refractivity contribution in [2.24, 2.45) is 0 Å². The van der Waals surface area contributed by atoms with Gasteiger partial charge in [-0.3, -0.25) is 4.79 Å². The number of rotatable bonds is 3. The van der Waals surface area contributed by atoms with Crippen molar-refractivity contribution < 1.29 is 5.11 Å². The summed E-state index contributed by atoms with van der Waals surface area (Å²) < 4.78 is 3.18. The molecule has 6 nitrogen and oxygen atoms in total. The SMILES string of the molecule is CC(O)c1cc2c(-c3ccc(=O)n(C(C)C)n3)cccn2n1. The average molecular weight is 298 g/mol. The van der Waals surface area contributed by atoms with Crippen molar-refractivity contribution in [3.63, 3.8) is 0 Å². The highest BCUT2D eigenvalue weighted by molar-refractivity contribution is 5.77. The van der Waals surface area contributed by atoms with E-state index in [4.69, 9.17) is 0 Å². The molecule has 0 saturated carbocycles. The zero-order chi connectivity index (χ0) is 15.9. The Balaban J connectivity index is 2.22. The molecule has 0 spiro atoms. The average Bonchev–Trinajstić information content (AvgIpc) is 2.91. The van der Waals surface area contributed by atoms with Crippen molar-refractivity contribution in [2.75, 3.05) is 0 Å². The summed E-state index contributed by atoms with van der Waals surface area (Å²) in [6.07, 6.45) is 1.19. The molecule has 3 aromatic heterocycles. The van der Waals surface area contributed by atoms with Gasteiger partial charge in [-0.2, -0.15) is 10.2 Å². The lowest BCUT2D eigenvalue weighted by Gasteiger charge is -2.10. The van der Waals surface area contributed by atoms with E-state index in [9.17, 15) is 9.90 Å². The number of nitrogens with zero attached hydrogens (tertiary/aromatic N) is 4. The number of fused-ring (bicyclic) bond motifs is 1. The normalized spacial score (nSPS) is 13.0. The van der Waals surface area contributed by atoms with Gasteiger partial charge in [-0.1, -0.05) is 0 Å². The fraction of sp³-hybridized carbons (Fsp3) is 0.312. The predicted molar refractivity (Wildman–Crippen MR) is 83.7 cm³/mol. The lowest BCUT2D eigenvalue weighted by atomic mass is 10.1. The molecule has 0 amide bonds. The molecule has 0 saturated heterocycles. The Labute approximate surface area is 127 Å². The van der Waals surface area contributed by atoms with Gasteiger partial charge in [-0.25, -0.2) is 9.20 Å². The van der Waals surface area contributed by atoms with Crippen molar-refractivity contribution >= 4 is 5.52 Å². The highest BCUT2D eigenvalue weighted by Crippen LogP contribution is 2.24. The summed E-state index contributed by atoms with van der Waals surface area (Å²) in [7, 11) is 0. The molecule has 3 aromatic rings. The van der Waals surface area contributed by atoms with Crippen LogP contribution in [0.5, 0.6) is 0 Å². The van der Waals surface area contributed by atoms with Crippen LogP contribution in [0, 0.1) is 0 Å². The molecule has 0 fully saturated rings. The fourth-order valence-corrected chi connectivity index (χ4v) is 2.39. The molecule has 0 aromatic carbocycles. The summed E-state index contributed by atoms with van der Waals surface area (Å²) in [5.74, 6) is 0. The van der Waals surface area contributed by atoms with Crippen LogP contribution in [-0.4, -0.2) is 24.5 Å². The van der Waals surface area contributed by atoms with Crippen LogP contribution in [0.1, 0.15) is 38.6 Å². The molecule has 3 rings (SSSR count). The highest BCUT2D eigenvalue weighted by atomic mass is 16.3. The minimum Gasteiger partial charge on any atom is -0.387 e. The Kier molecular flexibility index (Phi) is 3.54. The molecular formula is C16H18N4O2. The predicted octanol–water partition coefficient (Wildman–Crippen LogP) is 2.19. The van der Waals surface area contributed by atoms with Crippen LogP contribution in [0.4, 0.5) is 0 Å². The van der Waals surface area contributed by atoms with Gasteiger partial charge in [0, 0.05) is 17.8 Å². The maximum absolute atomic E-state index is 11.9. The van der Waals surface area contributed by atoms with E-state index >= 15 is 0 Å². The number of hydrogen-bond donors (Lipinski definition) is 1. The molecular weight excluding hydrogens is 280 g/mol. The summed E-state index contributed by atoms with van der Waals surface area (Å²) in [4.78, 5) is 11.9. The maximum atomic E-state index is 11.9. The van der Waals surface area contributed by atoms with Crippen molar-refractivity contribution in [1.29, 1.82) is 0 Å². The lowest BCUT2D eigenvalue weighted by Crippen LogP contribution is -2.23. The zero-order valence-electron chi connectivity index (χ0n) is 12.8. The smallest absolute Gasteiger partial charge is 0.267 e. The van der Waals surface area contributed by atoms with Gasteiger partial charge >= 0.3 is 0 Å². The minimum absolute atomic E-state index is 0.00915. The van der Waals surface area contributed by atoms with Gasteiger partial charge in [0.15, 0.2) is 0 Å². The second-order valence-electron chi connectivity index (χ2n) is 5.59. The maximum Gasteiger partial charge on any atom is 0.267 e. The summed E-state index contributed by atoms with van der Waals surface area (Å²) >= 11 is 0. The van der Waals surface area contributed by atoms with Gasteiger partial charge in [-0.05, 0) is 45.0 Å². The Morgan fingerprint density at radius 2 is 1.91 bits per heavy atom. The van der Waals surface area contributed by atoms with E-state index in [0.29, 0.717) is 11.4 Å². The van der Waals surface area contributed by atoms with Crippen LogP contribution in [0.3, 0.4) is 0 Å². The third kappa shape index (κ3) is 2.42. The van der Waals surface area contributed by atoms with Gasteiger partial charge in [0.25, 0.3) is 5.56 Å². The van der Waals surface area contributed by atoms with Gasteiger partial charge in [0.1, 0.15) is 0 Å². The highest BCUT2D eigenvalue weighted by Gasteiger charge is 2.13. The first-order chi connectivity index (χ1) is 10.5. The number of aliphatic hydroxyl groups excluding tert-OH is 1. The second kappa shape index (κ2) is 5.38. The van der Waals surface area contributed by atoms with E-state index in [2.05, 4.69) is 10.2 Å². The molecule has 114 valence electrons. The van der Waals surface area contributed by atoms with Gasteiger partial charge in [0.05, 0.1) is 29.1 Å².